The van der Waals surface area contributed by atoms with Gasteiger partial charge in [-0.3, -0.25) is 0 Å². The maximum atomic E-state index is 11.9. The highest BCUT2D eigenvalue weighted by Crippen LogP contribution is 2.53. The van der Waals surface area contributed by atoms with Crippen molar-refractivity contribution in [1.82, 2.24) is 0 Å². The van der Waals surface area contributed by atoms with Crippen LogP contribution in [0.15, 0.2) is 34.0 Å². The molecule has 140 valence electrons. The van der Waals surface area contributed by atoms with Crippen molar-refractivity contribution in [2.75, 3.05) is 7.11 Å². The molecule has 0 aliphatic carbocycles. The van der Waals surface area contributed by atoms with Crippen LogP contribution in [0.4, 0.5) is 0 Å². The average Bonchev–Trinajstić information content (AvgIpc) is 2.57. The maximum absolute atomic E-state index is 11.9. The summed E-state index contributed by atoms with van der Waals surface area (Å²) in [6.45, 7) is 11.1. The van der Waals surface area contributed by atoms with Crippen LogP contribution in [0.3, 0.4) is 0 Å². The van der Waals surface area contributed by atoms with Crippen molar-refractivity contribution in [2.45, 2.75) is 50.9 Å². The van der Waals surface area contributed by atoms with Gasteiger partial charge >= 0.3 is 5.63 Å². The molecule has 2 N–H and O–H groups in total. The highest BCUT2D eigenvalue weighted by atomic mass is 16.5. The van der Waals surface area contributed by atoms with E-state index in [1.165, 1.54) is 13.2 Å². The normalized spacial score (nSPS) is 21.8. The maximum Gasteiger partial charge on any atom is 0.336 e. The van der Waals surface area contributed by atoms with Gasteiger partial charge in [-0.2, -0.15) is 0 Å². The van der Waals surface area contributed by atoms with Gasteiger partial charge in [-0.1, -0.05) is 19.9 Å². The molecule has 1 aliphatic heterocycles. The number of benzene rings is 1. The van der Waals surface area contributed by atoms with E-state index in [0.717, 1.165) is 0 Å². The van der Waals surface area contributed by atoms with Crippen molar-refractivity contribution < 1.29 is 24.1 Å². The van der Waals surface area contributed by atoms with Crippen molar-refractivity contribution >= 4 is 11.0 Å². The van der Waals surface area contributed by atoms with Crippen LogP contribution in [0.5, 0.6) is 11.5 Å². The van der Waals surface area contributed by atoms with Crippen molar-refractivity contribution in [2.24, 2.45) is 0 Å². The first-order chi connectivity index (χ1) is 12.0. The smallest absolute Gasteiger partial charge is 0.336 e. The molecule has 0 bridgehead atoms. The van der Waals surface area contributed by atoms with Crippen LogP contribution in [0.1, 0.15) is 44.9 Å². The summed E-state index contributed by atoms with van der Waals surface area (Å²) in [7, 11) is 1.46. The lowest BCUT2D eigenvalue weighted by atomic mass is 9.78. The molecule has 0 saturated heterocycles. The zero-order valence-electron chi connectivity index (χ0n) is 15.6. The Kier molecular flexibility index (Phi) is 4.16. The summed E-state index contributed by atoms with van der Waals surface area (Å²) in [5.74, 6) is 0.654. The van der Waals surface area contributed by atoms with Crippen LogP contribution < -0.4 is 15.1 Å². The molecule has 0 fully saturated rings. The molecule has 2 unspecified atom stereocenters. The van der Waals surface area contributed by atoms with E-state index in [2.05, 4.69) is 6.58 Å². The van der Waals surface area contributed by atoms with Crippen LogP contribution >= 0.6 is 0 Å². The summed E-state index contributed by atoms with van der Waals surface area (Å²) >= 11 is 0. The topological polar surface area (TPSA) is 89.1 Å². The Morgan fingerprint density at radius 3 is 2.54 bits per heavy atom. The lowest BCUT2D eigenvalue weighted by Crippen LogP contribution is -2.49. The second kappa shape index (κ2) is 5.86. The van der Waals surface area contributed by atoms with E-state index in [9.17, 15) is 15.0 Å². The SMILES string of the molecule is C=CC(C)(C)c1c2c(c(OC)c3ccc(=O)oc13)C(O)C(O)C(C)(C)O2. The first-order valence-electron chi connectivity index (χ1n) is 8.42. The van der Waals surface area contributed by atoms with E-state index >= 15 is 0 Å². The van der Waals surface area contributed by atoms with E-state index in [4.69, 9.17) is 13.9 Å². The second-order valence-corrected chi connectivity index (χ2v) is 7.67. The summed E-state index contributed by atoms with van der Waals surface area (Å²) in [4.78, 5) is 11.9. The van der Waals surface area contributed by atoms with Gasteiger partial charge in [-0.15, -0.1) is 6.58 Å². The summed E-state index contributed by atoms with van der Waals surface area (Å²) < 4.78 is 17.1. The van der Waals surface area contributed by atoms with Gasteiger partial charge in [0.05, 0.1) is 18.1 Å². The predicted molar refractivity (Wildman–Crippen MR) is 97.9 cm³/mol. The van der Waals surface area contributed by atoms with Gasteiger partial charge in [0.2, 0.25) is 0 Å². The number of ether oxygens (including phenoxy) is 2. The van der Waals surface area contributed by atoms with E-state index in [-0.39, 0.29) is 0 Å². The van der Waals surface area contributed by atoms with Gasteiger partial charge in [0.15, 0.2) is 0 Å². The van der Waals surface area contributed by atoms with Gasteiger partial charge in [-0.05, 0) is 19.9 Å². The fourth-order valence-electron chi connectivity index (χ4n) is 3.41. The minimum Gasteiger partial charge on any atom is -0.495 e. The quantitative estimate of drug-likeness (QED) is 0.646. The zero-order chi connectivity index (χ0) is 19.4. The zero-order valence-corrected chi connectivity index (χ0v) is 15.6. The van der Waals surface area contributed by atoms with Crippen LogP contribution in [-0.2, 0) is 5.41 Å². The van der Waals surface area contributed by atoms with Crippen LogP contribution in [-0.4, -0.2) is 29.0 Å². The average molecular weight is 360 g/mol. The second-order valence-electron chi connectivity index (χ2n) is 7.67. The molecule has 1 aliphatic rings. The van der Waals surface area contributed by atoms with Crippen molar-refractivity contribution in [3.05, 3.63) is 46.3 Å². The van der Waals surface area contributed by atoms with Crippen molar-refractivity contribution in [1.29, 1.82) is 0 Å². The Labute approximate surface area is 151 Å². The monoisotopic (exact) mass is 360 g/mol. The minimum absolute atomic E-state index is 0.310. The van der Waals surface area contributed by atoms with Crippen LogP contribution in [0, 0.1) is 0 Å². The number of aliphatic hydroxyl groups excluding tert-OH is 2. The molecule has 2 atom stereocenters. The third kappa shape index (κ3) is 2.52. The number of methoxy groups -OCH3 is 1. The molecule has 6 nitrogen and oxygen atoms in total. The standard InChI is InChI=1S/C20H24O6/c1-7-19(2,3)13-16-10(8-9-11(21)25-16)15(24-6)12-14(22)18(23)20(4,5)26-17(12)13/h7-9,14,18,22-23H,1H2,2-6H3. The Morgan fingerprint density at radius 2 is 1.96 bits per heavy atom. The fourth-order valence-corrected chi connectivity index (χ4v) is 3.41. The van der Waals surface area contributed by atoms with E-state index in [0.29, 0.717) is 33.6 Å². The third-order valence-electron chi connectivity index (χ3n) is 5.05. The Hall–Kier alpha value is -2.31. The number of rotatable bonds is 3. The summed E-state index contributed by atoms with van der Waals surface area (Å²) in [6, 6.07) is 2.88. The molecule has 0 amide bonds. The number of aliphatic hydroxyl groups is 2. The number of hydrogen-bond donors (Lipinski definition) is 2. The molecule has 0 saturated carbocycles. The minimum atomic E-state index is -1.22. The summed E-state index contributed by atoms with van der Waals surface area (Å²) in [5.41, 5.74) is -0.954. The predicted octanol–water partition coefficient (Wildman–Crippen LogP) is 2.83. The molecule has 2 aromatic rings. The van der Waals surface area contributed by atoms with Crippen LogP contribution in [0.25, 0.3) is 11.0 Å². The van der Waals surface area contributed by atoms with Crippen molar-refractivity contribution in [3.63, 3.8) is 0 Å². The number of fused-ring (bicyclic) bond motifs is 2. The highest BCUT2D eigenvalue weighted by Gasteiger charge is 2.47. The largest absolute Gasteiger partial charge is 0.495 e. The molecule has 0 radical (unpaired) electrons. The van der Waals surface area contributed by atoms with E-state index < -0.39 is 28.8 Å². The van der Waals surface area contributed by atoms with E-state index in [1.807, 2.05) is 13.8 Å². The molecule has 2 heterocycles. The fraction of sp³-hybridized carbons (Fsp3) is 0.450. The lowest BCUT2D eigenvalue weighted by molar-refractivity contribution is -0.113. The van der Waals surface area contributed by atoms with E-state index in [1.54, 1.807) is 26.0 Å². The molecule has 1 aromatic heterocycles. The highest BCUT2D eigenvalue weighted by molar-refractivity contribution is 5.92. The number of allylic oxidation sites excluding steroid dienone is 1. The molecule has 6 heteroatoms. The molecule has 26 heavy (non-hydrogen) atoms. The summed E-state index contributed by atoms with van der Waals surface area (Å²) in [5, 5.41) is 21.9. The molecule has 1 aromatic carbocycles. The van der Waals surface area contributed by atoms with Gasteiger partial charge in [0.1, 0.15) is 34.9 Å². The first-order valence-corrected chi connectivity index (χ1v) is 8.42. The van der Waals surface area contributed by atoms with Crippen LogP contribution in [0.2, 0.25) is 0 Å². The Morgan fingerprint density at radius 1 is 1.31 bits per heavy atom. The Balaban J connectivity index is 2.57. The number of hydrogen-bond acceptors (Lipinski definition) is 6. The molecular formula is C20H24O6. The van der Waals surface area contributed by atoms with Gasteiger partial charge in [0, 0.05) is 17.0 Å². The summed E-state index contributed by atoms with van der Waals surface area (Å²) in [6.07, 6.45) is -0.661. The van der Waals surface area contributed by atoms with Gasteiger partial charge < -0.3 is 24.1 Å². The van der Waals surface area contributed by atoms with Gasteiger partial charge in [0.25, 0.3) is 0 Å². The first kappa shape index (κ1) is 18.5. The molecule has 3 rings (SSSR count). The molecule has 0 spiro atoms. The lowest BCUT2D eigenvalue weighted by Gasteiger charge is -2.42. The Bertz CT molecular complexity index is 937. The van der Waals surface area contributed by atoms with Crippen molar-refractivity contribution in [3.8, 4) is 11.5 Å². The van der Waals surface area contributed by atoms with Gasteiger partial charge in [-0.25, -0.2) is 4.79 Å². The molecular weight excluding hydrogens is 336 g/mol. The third-order valence-corrected chi connectivity index (χ3v) is 5.05.